The summed E-state index contributed by atoms with van der Waals surface area (Å²) in [5.41, 5.74) is 0. The Balaban J connectivity index is 0.00000113. The fourth-order valence-electron chi connectivity index (χ4n) is 2.83. The topological polar surface area (TPSA) is 84.9 Å². The third-order valence-electron chi connectivity index (χ3n) is 4.03. The molecule has 7 heteroatoms. The minimum atomic E-state index is -0.791. The fraction of sp³-hybridized carbons (Fsp3) is 0.842. The molecule has 2 fully saturated rings. The molecular weight excluding hydrogens is 336 g/mol. The van der Waals surface area contributed by atoms with Crippen molar-refractivity contribution in [3.05, 3.63) is 0 Å². The Labute approximate surface area is 157 Å². The van der Waals surface area contributed by atoms with Gasteiger partial charge in [0.15, 0.2) is 0 Å². The maximum Gasteiger partial charge on any atom is 0.330 e. The normalized spacial score (nSPS) is 24.5. The van der Waals surface area contributed by atoms with Crippen molar-refractivity contribution in [1.82, 2.24) is 10.2 Å². The molecule has 1 aliphatic heterocycles. The number of ether oxygens (including phenoxy) is 2. The Morgan fingerprint density at radius 1 is 1.23 bits per heavy atom. The van der Waals surface area contributed by atoms with E-state index in [4.69, 9.17) is 4.74 Å². The van der Waals surface area contributed by atoms with Gasteiger partial charge in [-0.3, -0.25) is 9.69 Å². The van der Waals surface area contributed by atoms with Crippen LogP contribution >= 0.6 is 0 Å². The highest BCUT2D eigenvalue weighted by atomic mass is 16.5. The average molecular weight is 373 g/mol. The predicted molar refractivity (Wildman–Crippen MR) is 101 cm³/mol. The van der Waals surface area contributed by atoms with Crippen LogP contribution in [0.25, 0.3) is 0 Å². The number of hydrogen-bond donors (Lipinski definition) is 1. The molecule has 26 heavy (non-hydrogen) atoms. The van der Waals surface area contributed by atoms with Gasteiger partial charge >= 0.3 is 12.0 Å². The highest BCUT2D eigenvalue weighted by molar-refractivity contribution is 5.99. The first kappa shape index (κ1) is 24.4. The fourth-order valence-corrected chi connectivity index (χ4v) is 2.83. The number of nitrogens with one attached hydrogen (secondary N) is 1. The lowest BCUT2D eigenvalue weighted by molar-refractivity contribution is -0.142. The van der Waals surface area contributed by atoms with Crippen LogP contribution in [0.15, 0.2) is 0 Å². The number of hydrogen-bond acceptors (Lipinski definition) is 5. The zero-order chi connectivity index (χ0) is 20.1. The van der Waals surface area contributed by atoms with Crippen LogP contribution in [-0.2, 0) is 19.1 Å². The number of imide groups is 1. The van der Waals surface area contributed by atoms with Crippen LogP contribution in [0.4, 0.5) is 4.79 Å². The Hall–Kier alpha value is -1.63. The lowest BCUT2D eigenvalue weighted by Gasteiger charge is -2.27. The molecule has 1 N–H and O–H groups in total. The maximum atomic E-state index is 12.0. The number of methoxy groups -OCH3 is 1. The van der Waals surface area contributed by atoms with Crippen molar-refractivity contribution in [2.75, 3.05) is 20.3 Å². The van der Waals surface area contributed by atoms with Gasteiger partial charge in [0.05, 0.1) is 19.8 Å². The zero-order valence-electron chi connectivity index (χ0n) is 17.2. The van der Waals surface area contributed by atoms with Crippen LogP contribution in [0.3, 0.4) is 0 Å². The van der Waals surface area contributed by atoms with Crippen LogP contribution in [0.5, 0.6) is 0 Å². The SMILES string of the molecule is CC.CCC.COC(=O)C1CN(C(=O)COC2CCCC(C)C2)C(=O)N1. The Kier molecular flexibility index (Phi) is 12.7. The molecule has 2 aliphatic rings. The van der Waals surface area contributed by atoms with Gasteiger partial charge in [0, 0.05) is 0 Å². The van der Waals surface area contributed by atoms with Crippen LogP contribution in [0.1, 0.15) is 66.7 Å². The van der Waals surface area contributed by atoms with Gasteiger partial charge < -0.3 is 14.8 Å². The first-order valence-electron chi connectivity index (χ1n) is 9.73. The van der Waals surface area contributed by atoms with E-state index in [1.54, 1.807) is 0 Å². The van der Waals surface area contributed by atoms with Crippen molar-refractivity contribution in [3.63, 3.8) is 0 Å². The molecule has 0 bridgehead atoms. The molecule has 0 aromatic rings. The maximum absolute atomic E-state index is 12.0. The molecule has 0 aromatic heterocycles. The Bertz CT molecular complexity index is 442. The molecule has 2 rings (SSSR count). The Morgan fingerprint density at radius 2 is 1.85 bits per heavy atom. The summed E-state index contributed by atoms with van der Waals surface area (Å²) in [7, 11) is 1.24. The lowest BCUT2D eigenvalue weighted by atomic mass is 9.89. The van der Waals surface area contributed by atoms with E-state index >= 15 is 0 Å². The molecule has 1 heterocycles. The molecule has 3 amide bonds. The molecule has 1 aliphatic carbocycles. The molecular formula is C19H36N2O5. The summed E-state index contributed by atoms with van der Waals surface area (Å²) >= 11 is 0. The quantitative estimate of drug-likeness (QED) is 0.767. The highest BCUT2D eigenvalue weighted by Gasteiger charge is 2.37. The third kappa shape index (κ3) is 8.17. The zero-order valence-corrected chi connectivity index (χ0v) is 17.2. The van der Waals surface area contributed by atoms with E-state index < -0.39 is 23.9 Å². The van der Waals surface area contributed by atoms with E-state index in [-0.39, 0.29) is 19.3 Å². The largest absolute Gasteiger partial charge is 0.467 e. The number of urea groups is 1. The minimum Gasteiger partial charge on any atom is -0.467 e. The second kappa shape index (κ2) is 13.6. The lowest BCUT2D eigenvalue weighted by Crippen LogP contribution is -2.38. The summed E-state index contributed by atoms with van der Waals surface area (Å²) in [5, 5.41) is 2.42. The molecule has 3 atom stereocenters. The molecule has 1 saturated carbocycles. The average Bonchev–Trinajstić information content (AvgIpc) is 3.03. The van der Waals surface area contributed by atoms with Gasteiger partial charge in [0.25, 0.3) is 5.91 Å². The monoisotopic (exact) mass is 372 g/mol. The first-order valence-corrected chi connectivity index (χ1v) is 9.73. The second-order valence-corrected chi connectivity index (χ2v) is 6.44. The predicted octanol–water partition coefficient (Wildman–Crippen LogP) is 3.12. The van der Waals surface area contributed by atoms with Gasteiger partial charge in [-0.25, -0.2) is 9.59 Å². The van der Waals surface area contributed by atoms with E-state index in [0.29, 0.717) is 5.92 Å². The van der Waals surface area contributed by atoms with Crippen molar-refractivity contribution >= 4 is 17.9 Å². The number of nitrogens with zero attached hydrogens (tertiary/aromatic N) is 1. The summed E-state index contributed by atoms with van der Waals surface area (Å²) in [4.78, 5) is 36.1. The number of carbonyl (C=O) groups excluding carboxylic acids is 3. The number of amides is 3. The minimum absolute atomic E-state index is 0.00519. The molecule has 0 aromatic carbocycles. The van der Waals surface area contributed by atoms with Crippen molar-refractivity contribution in [2.24, 2.45) is 5.92 Å². The van der Waals surface area contributed by atoms with Gasteiger partial charge in [-0.15, -0.1) is 0 Å². The second-order valence-electron chi connectivity index (χ2n) is 6.44. The van der Waals surface area contributed by atoms with Gasteiger partial charge in [-0.1, -0.05) is 53.9 Å². The van der Waals surface area contributed by atoms with Crippen molar-refractivity contribution in [2.45, 2.75) is 78.9 Å². The van der Waals surface area contributed by atoms with Crippen LogP contribution in [0.2, 0.25) is 0 Å². The van der Waals surface area contributed by atoms with Gasteiger partial charge in [-0.2, -0.15) is 0 Å². The molecule has 1 saturated heterocycles. The molecule has 152 valence electrons. The molecule has 7 nitrogen and oxygen atoms in total. The summed E-state index contributed by atoms with van der Waals surface area (Å²) in [6, 6.07) is -1.36. The summed E-state index contributed by atoms with van der Waals surface area (Å²) in [5.74, 6) is -0.365. The summed E-state index contributed by atoms with van der Waals surface area (Å²) in [6.07, 6.45) is 5.54. The van der Waals surface area contributed by atoms with Crippen LogP contribution in [-0.4, -0.2) is 55.2 Å². The van der Waals surface area contributed by atoms with Gasteiger partial charge in [-0.05, 0) is 18.8 Å². The number of esters is 1. The Morgan fingerprint density at radius 3 is 2.38 bits per heavy atom. The third-order valence-corrected chi connectivity index (χ3v) is 4.03. The first-order chi connectivity index (χ1) is 12.4. The van der Waals surface area contributed by atoms with Crippen molar-refractivity contribution in [3.8, 4) is 0 Å². The van der Waals surface area contributed by atoms with E-state index in [1.807, 2.05) is 13.8 Å². The highest BCUT2D eigenvalue weighted by Crippen LogP contribution is 2.25. The van der Waals surface area contributed by atoms with Crippen LogP contribution < -0.4 is 5.32 Å². The molecule has 0 spiro atoms. The number of carbonyl (C=O) groups is 3. The van der Waals surface area contributed by atoms with E-state index in [0.717, 1.165) is 24.2 Å². The van der Waals surface area contributed by atoms with Crippen LogP contribution in [0, 0.1) is 5.92 Å². The summed E-state index contributed by atoms with van der Waals surface area (Å²) in [6.45, 7) is 10.3. The van der Waals surface area contributed by atoms with E-state index in [9.17, 15) is 14.4 Å². The van der Waals surface area contributed by atoms with E-state index in [2.05, 4.69) is 30.8 Å². The standard InChI is InChI=1S/C14H22N2O5.C3H8.C2H6/c1-9-4-3-5-10(6-9)21-8-12(17)16-7-11(13(18)20-2)15-14(16)19;1-3-2;1-2/h9-11H,3-8H2,1-2H3,(H,15,19);3H2,1-2H3;1-2H3. The van der Waals surface area contributed by atoms with Crippen molar-refractivity contribution < 1.29 is 23.9 Å². The number of rotatable bonds is 4. The van der Waals surface area contributed by atoms with Gasteiger partial charge in [0.2, 0.25) is 0 Å². The smallest absolute Gasteiger partial charge is 0.330 e. The molecule has 3 unspecified atom stereocenters. The molecule has 0 radical (unpaired) electrons. The van der Waals surface area contributed by atoms with Crippen molar-refractivity contribution in [1.29, 1.82) is 0 Å². The van der Waals surface area contributed by atoms with E-state index in [1.165, 1.54) is 20.0 Å². The van der Waals surface area contributed by atoms with Gasteiger partial charge in [0.1, 0.15) is 12.6 Å². The summed E-state index contributed by atoms with van der Waals surface area (Å²) < 4.78 is 10.2.